The highest BCUT2D eigenvalue weighted by Crippen LogP contribution is 2.68. The Labute approximate surface area is 170 Å². The lowest BCUT2D eigenvalue weighted by Crippen LogP contribution is -2.65. The van der Waals surface area contributed by atoms with Crippen LogP contribution >= 0.6 is 0 Å². The van der Waals surface area contributed by atoms with Gasteiger partial charge in [0.05, 0.1) is 12.2 Å². The number of aliphatic hydroxyl groups is 2. The van der Waals surface area contributed by atoms with Crippen molar-refractivity contribution in [2.45, 2.75) is 97.2 Å². The Kier molecular flexibility index (Phi) is 5.36. The van der Waals surface area contributed by atoms with E-state index in [0.717, 1.165) is 12.8 Å². The van der Waals surface area contributed by atoms with Gasteiger partial charge in [0, 0.05) is 11.8 Å². The van der Waals surface area contributed by atoms with Gasteiger partial charge < -0.3 is 15.3 Å². The molecule has 0 aromatic heterocycles. The van der Waals surface area contributed by atoms with Crippen LogP contribution in [0.2, 0.25) is 0 Å². The molecule has 4 rings (SSSR count). The Morgan fingerprint density at radius 1 is 1.07 bits per heavy atom. The Morgan fingerprint density at radius 3 is 2.54 bits per heavy atom. The smallest absolute Gasteiger partial charge is 0.303 e. The van der Waals surface area contributed by atoms with E-state index in [-0.39, 0.29) is 29.1 Å². The fourth-order valence-corrected chi connectivity index (χ4v) is 8.88. The number of carboxylic acids is 1. The molecule has 4 heteroatoms. The van der Waals surface area contributed by atoms with Gasteiger partial charge in [-0.1, -0.05) is 33.6 Å². The first-order chi connectivity index (χ1) is 13.2. The maximum atomic E-state index is 11.5. The molecule has 0 heterocycles. The van der Waals surface area contributed by atoms with Gasteiger partial charge in [0.1, 0.15) is 0 Å². The first-order valence-electron chi connectivity index (χ1n) is 11.8. The summed E-state index contributed by atoms with van der Waals surface area (Å²) in [7, 11) is 0. The van der Waals surface area contributed by atoms with Crippen molar-refractivity contribution in [3.63, 3.8) is 0 Å². The van der Waals surface area contributed by atoms with Gasteiger partial charge in [0.2, 0.25) is 0 Å². The Bertz CT molecular complexity index is 605. The molecule has 0 aliphatic heterocycles. The van der Waals surface area contributed by atoms with Crippen LogP contribution in [-0.2, 0) is 4.79 Å². The van der Waals surface area contributed by atoms with E-state index >= 15 is 0 Å². The van der Waals surface area contributed by atoms with E-state index in [2.05, 4.69) is 20.8 Å². The minimum Gasteiger partial charge on any atom is -0.481 e. The summed E-state index contributed by atoms with van der Waals surface area (Å²) < 4.78 is 0. The highest BCUT2D eigenvalue weighted by Gasteiger charge is 2.66. The van der Waals surface area contributed by atoms with Gasteiger partial charge in [-0.15, -0.1) is 0 Å². The van der Waals surface area contributed by atoms with Crippen molar-refractivity contribution in [1.29, 1.82) is 0 Å². The molecule has 4 saturated carbocycles. The zero-order valence-electron chi connectivity index (χ0n) is 17.9. The summed E-state index contributed by atoms with van der Waals surface area (Å²) in [4.78, 5) is 11.1. The Hall–Kier alpha value is -0.610. The summed E-state index contributed by atoms with van der Waals surface area (Å²) in [5.74, 6) is 1.75. The Morgan fingerprint density at radius 2 is 1.82 bits per heavy atom. The van der Waals surface area contributed by atoms with Crippen molar-refractivity contribution in [3.8, 4) is 0 Å². The summed E-state index contributed by atoms with van der Waals surface area (Å²) in [6.45, 7) is 6.78. The average Bonchev–Trinajstić information content (AvgIpc) is 3.01. The van der Waals surface area contributed by atoms with Gasteiger partial charge in [0.25, 0.3) is 0 Å². The Balaban J connectivity index is 1.62. The normalized spacial score (nSPS) is 51.7. The molecular formula is C24H40O4. The number of carbonyl (C=O) groups is 1. The number of carboxylic acid groups (broad SMARTS) is 1. The minimum atomic E-state index is -0.737. The second-order valence-electron chi connectivity index (χ2n) is 11.2. The SMILES string of the molecule is C[C@H](CCC(=O)O)[C@H]1CC[C@H]2[C@@H]3CC[C@@H]4CCCC[C@]4(C)[C@H]3[C@@H](O)[C@@H](O)[C@]12C. The van der Waals surface area contributed by atoms with Crippen molar-refractivity contribution >= 4 is 5.97 Å². The molecule has 0 aromatic carbocycles. The first kappa shape index (κ1) is 20.7. The zero-order valence-corrected chi connectivity index (χ0v) is 17.9. The maximum absolute atomic E-state index is 11.5. The molecule has 160 valence electrons. The van der Waals surface area contributed by atoms with Gasteiger partial charge in [0.15, 0.2) is 0 Å². The minimum absolute atomic E-state index is 0.176. The second kappa shape index (κ2) is 7.27. The lowest BCUT2D eigenvalue weighted by Gasteiger charge is -2.63. The fourth-order valence-electron chi connectivity index (χ4n) is 8.88. The van der Waals surface area contributed by atoms with Gasteiger partial charge >= 0.3 is 5.97 Å². The van der Waals surface area contributed by atoms with Crippen LogP contribution in [0.1, 0.15) is 85.0 Å². The predicted molar refractivity (Wildman–Crippen MR) is 109 cm³/mol. The summed E-state index contributed by atoms with van der Waals surface area (Å²) in [6, 6.07) is 0. The van der Waals surface area contributed by atoms with Crippen molar-refractivity contribution < 1.29 is 20.1 Å². The lowest BCUT2D eigenvalue weighted by molar-refractivity contribution is -0.227. The summed E-state index contributed by atoms with van der Waals surface area (Å²) in [5, 5.41) is 32.0. The van der Waals surface area contributed by atoms with Crippen molar-refractivity contribution in [1.82, 2.24) is 0 Å². The molecule has 0 spiro atoms. The van der Waals surface area contributed by atoms with Gasteiger partial charge in [-0.2, -0.15) is 0 Å². The van der Waals surface area contributed by atoms with Gasteiger partial charge in [-0.05, 0) is 85.9 Å². The fraction of sp³-hybridized carbons (Fsp3) is 0.958. The highest BCUT2D eigenvalue weighted by atomic mass is 16.4. The van der Waals surface area contributed by atoms with Crippen LogP contribution in [-0.4, -0.2) is 33.5 Å². The first-order valence-corrected chi connectivity index (χ1v) is 11.8. The molecule has 0 radical (unpaired) electrons. The van der Waals surface area contributed by atoms with E-state index in [4.69, 9.17) is 5.11 Å². The van der Waals surface area contributed by atoms with E-state index in [1.807, 2.05) is 0 Å². The van der Waals surface area contributed by atoms with Crippen LogP contribution in [0.5, 0.6) is 0 Å². The standard InChI is InChI=1S/C24H40O4/c1-14(7-12-19(25)26)17-10-11-18-16-9-8-15-6-4-5-13-23(15,2)20(16)21(27)22(28)24(17,18)3/h14-18,20-22,27-28H,4-13H2,1-3H3,(H,25,26)/t14-,15+,16+,17-,18+,20-,21-,22-,23+,24-/m1/s1. The number of aliphatic carboxylic acids is 1. The van der Waals surface area contributed by atoms with Crippen LogP contribution in [0.4, 0.5) is 0 Å². The van der Waals surface area contributed by atoms with E-state index in [1.165, 1.54) is 38.5 Å². The van der Waals surface area contributed by atoms with Crippen LogP contribution in [0, 0.1) is 46.3 Å². The van der Waals surface area contributed by atoms with Crippen molar-refractivity contribution in [3.05, 3.63) is 0 Å². The van der Waals surface area contributed by atoms with Crippen LogP contribution < -0.4 is 0 Å². The van der Waals surface area contributed by atoms with Crippen LogP contribution in [0.3, 0.4) is 0 Å². The summed E-state index contributed by atoms with van der Waals surface area (Å²) >= 11 is 0. The molecule has 0 aromatic rings. The number of rotatable bonds is 4. The third-order valence-electron chi connectivity index (χ3n) is 10.3. The molecule has 4 aliphatic rings. The van der Waals surface area contributed by atoms with Gasteiger partial charge in [-0.25, -0.2) is 0 Å². The van der Waals surface area contributed by atoms with E-state index in [9.17, 15) is 15.0 Å². The largest absolute Gasteiger partial charge is 0.481 e. The molecule has 0 unspecified atom stereocenters. The number of aliphatic hydroxyl groups excluding tert-OH is 2. The van der Waals surface area contributed by atoms with E-state index in [1.54, 1.807) is 0 Å². The molecule has 10 atom stereocenters. The third kappa shape index (κ3) is 2.88. The molecule has 0 amide bonds. The molecule has 4 nitrogen and oxygen atoms in total. The predicted octanol–water partition coefficient (Wildman–Crippen LogP) is 4.48. The highest BCUT2D eigenvalue weighted by molar-refractivity contribution is 5.66. The maximum Gasteiger partial charge on any atom is 0.303 e. The monoisotopic (exact) mass is 392 g/mol. The lowest BCUT2D eigenvalue weighted by atomic mass is 9.43. The molecule has 4 fully saturated rings. The van der Waals surface area contributed by atoms with Crippen LogP contribution in [0.15, 0.2) is 0 Å². The molecule has 4 aliphatic carbocycles. The van der Waals surface area contributed by atoms with Gasteiger partial charge in [-0.3, -0.25) is 4.79 Å². The molecule has 3 N–H and O–H groups in total. The number of fused-ring (bicyclic) bond motifs is 5. The zero-order chi connectivity index (χ0) is 20.3. The molecule has 28 heavy (non-hydrogen) atoms. The van der Waals surface area contributed by atoms with E-state index < -0.39 is 18.2 Å². The van der Waals surface area contributed by atoms with Crippen molar-refractivity contribution in [2.75, 3.05) is 0 Å². The molecule has 0 saturated heterocycles. The third-order valence-corrected chi connectivity index (χ3v) is 10.3. The topological polar surface area (TPSA) is 77.8 Å². The summed E-state index contributed by atoms with van der Waals surface area (Å²) in [6.07, 6.45) is 9.29. The number of hydrogen-bond donors (Lipinski definition) is 3. The second-order valence-corrected chi connectivity index (χ2v) is 11.2. The van der Waals surface area contributed by atoms with Crippen molar-refractivity contribution in [2.24, 2.45) is 46.3 Å². The van der Waals surface area contributed by atoms with Crippen LogP contribution in [0.25, 0.3) is 0 Å². The molecule has 0 bridgehead atoms. The molecular weight excluding hydrogens is 352 g/mol. The number of hydrogen-bond acceptors (Lipinski definition) is 3. The van der Waals surface area contributed by atoms with E-state index in [0.29, 0.717) is 30.1 Å². The average molecular weight is 393 g/mol. The summed E-state index contributed by atoms with van der Waals surface area (Å²) in [5.41, 5.74) is -0.105. The quantitative estimate of drug-likeness (QED) is 0.659.